The number of benzene rings is 1. The summed E-state index contributed by atoms with van der Waals surface area (Å²) in [6.45, 7) is 7.42. The van der Waals surface area contributed by atoms with Crippen LogP contribution in [0.15, 0.2) is 29.2 Å². The van der Waals surface area contributed by atoms with Crippen LogP contribution in [0, 0.1) is 11.7 Å². The van der Waals surface area contributed by atoms with Crippen molar-refractivity contribution in [2.45, 2.75) is 37.3 Å². The molecule has 0 aliphatic carbocycles. The van der Waals surface area contributed by atoms with Crippen LogP contribution in [0.5, 0.6) is 0 Å². The molecular formula is C11H17NOS. The van der Waals surface area contributed by atoms with E-state index in [1.165, 1.54) is 0 Å². The third kappa shape index (κ3) is 1.82. The molecule has 1 unspecified atom stereocenters. The van der Waals surface area contributed by atoms with Gasteiger partial charge in [-0.1, -0.05) is 18.2 Å². The summed E-state index contributed by atoms with van der Waals surface area (Å²) in [7, 11) is -2.71. The number of rotatable bonds is 1. The van der Waals surface area contributed by atoms with Gasteiger partial charge >= 0.3 is 0 Å². The van der Waals surface area contributed by atoms with Crippen molar-refractivity contribution in [2.75, 3.05) is 0 Å². The van der Waals surface area contributed by atoms with Gasteiger partial charge in [0.2, 0.25) is 0 Å². The van der Waals surface area contributed by atoms with Crippen LogP contribution < -0.4 is 0 Å². The van der Waals surface area contributed by atoms with Crippen molar-refractivity contribution in [3.8, 4) is 0 Å². The van der Waals surface area contributed by atoms with Gasteiger partial charge in [0.1, 0.15) is 0 Å². The average molecular weight is 211 g/mol. The maximum absolute atomic E-state index is 12.3. The van der Waals surface area contributed by atoms with E-state index in [1.807, 2.05) is 45.9 Å². The van der Waals surface area contributed by atoms with Crippen molar-refractivity contribution in [1.82, 2.24) is 0 Å². The van der Waals surface area contributed by atoms with E-state index in [4.69, 9.17) is 4.78 Å². The molecule has 0 saturated heterocycles. The minimum atomic E-state index is -2.71. The smallest absolute Gasteiger partial charge is 0.0778 e. The van der Waals surface area contributed by atoms with Gasteiger partial charge in [-0.15, -0.1) is 0 Å². The first-order chi connectivity index (χ1) is 6.27. The molecule has 0 radical (unpaired) electrons. The van der Waals surface area contributed by atoms with Gasteiger partial charge in [0, 0.05) is 4.75 Å². The van der Waals surface area contributed by atoms with Gasteiger partial charge in [0.15, 0.2) is 0 Å². The van der Waals surface area contributed by atoms with E-state index < -0.39 is 14.5 Å². The molecule has 0 aliphatic heterocycles. The lowest BCUT2D eigenvalue weighted by molar-refractivity contribution is 0.636. The van der Waals surface area contributed by atoms with Crippen LogP contribution in [-0.4, -0.2) is 8.96 Å². The minimum absolute atomic E-state index is 0.515. The van der Waals surface area contributed by atoms with Crippen molar-refractivity contribution in [1.29, 1.82) is 4.78 Å². The summed E-state index contributed by atoms with van der Waals surface area (Å²) in [5.41, 5.74) is 0.933. The molecule has 0 bridgehead atoms. The highest BCUT2D eigenvalue weighted by Crippen LogP contribution is 2.27. The zero-order valence-electron chi connectivity index (χ0n) is 9.13. The average Bonchev–Trinajstić information content (AvgIpc) is 2.02. The summed E-state index contributed by atoms with van der Waals surface area (Å²) >= 11 is 0. The second-order valence-corrected chi connectivity index (χ2v) is 7.21. The second kappa shape index (κ2) is 3.39. The first kappa shape index (κ1) is 11.2. The van der Waals surface area contributed by atoms with Crippen LogP contribution in [-0.2, 0) is 9.73 Å². The molecule has 0 aromatic heterocycles. The fourth-order valence-corrected chi connectivity index (χ4v) is 2.66. The van der Waals surface area contributed by atoms with Gasteiger partial charge in [-0.2, -0.15) is 0 Å². The highest BCUT2D eigenvalue weighted by molar-refractivity contribution is 7.93. The van der Waals surface area contributed by atoms with Crippen LogP contribution in [0.1, 0.15) is 26.3 Å². The molecule has 0 saturated carbocycles. The molecule has 3 heteroatoms. The van der Waals surface area contributed by atoms with Gasteiger partial charge in [0.05, 0.1) is 14.6 Å². The molecule has 0 amide bonds. The van der Waals surface area contributed by atoms with Crippen molar-refractivity contribution >= 4 is 9.73 Å². The van der Waals surface area contributed by atoms with Crippen LogP contribution in [0.25, 0.3) is 0 Å². The van der Waals surface area contributed by atoms with E-state index in [1.54, 1.807) is 6.07 Å². The number of hydrogen-bond donors (Lipinski definition) is 1. The third-order valence-electron chi connectivity index (χ3n) is 2.27. The Morgan fingerprint density at radius 2 is 1.71 bits per heavy atom. The van der Waals surface area contributed by atoms with Gasteiger partial charge in [-0.3, -0.25) is 0 Å². The molecule has 1 aromatic carbocycles. The largest absolute Gasteiger partial charge is 0.248 e. The van der Waals surface area contributed by atoms with E-state index in [-0.39, 0.29) is 0 Å². The lowest BCUT2D eigenvalue weighted by Gasteiger charge is -2.23. The molecule has 2 nitrogen and oxygen atoms in total. The molecule has 14 heavy (non-hydrogen) atoms. The van der Waals surface area contributed by atoms with E-state index >= 15 is 0 Å². The Kier molecular flexibility index (Phi) is 2.72. The minimum Gasteiger partial charge on any atom is -0.248 e. The zero-order chi connectivity index (χ0) is 11.0. The first-order valence-electron chi connectivity index (χ1n) is 4.61. The predicted molar refractivity (Wildman–Crippen MR) is 60.1 cm³/mol. The number of nitrogens with one attached hydrogen (secondary N) is 1. The highest BCUT2D eigenvalue weighted by Gasteiger charge is 2.27. The molecular weight excluding hydrogens is 194 g/mol. The van der Waals surface area contributed by atoms with Crippen molar-refractivity contribution < 1.29 is 4.21 Å². The number of aryl methyl sites for hydroxylation is 1. The summed E-state index contributed by atoms with van der Waals surface area (Å²) in [6.07, 6.45) is 0. The fourth-order valence-electron chi connectivity index (χ4n) is 1.21. The van der Waals surface area contributed by atoms with E-state index in [0.717, 1.165) is 5.56 Å². The first-order valence-corrected chi connectivity index (χ1v) is 6.16. The van der Waals surface area contributed by atoms with Gasteiger partial charge < -0.3 is 0 Å². The summed E-state index contributed by atoms with van der Waals surface area (Å²) in [5, 5.41) is 0. The zero-order valence-corrected chi connectivity index (χ0v) is 9.94. The molecule has 1 aromatic rings. The molecule has 1 N–H and O–H groups in total. The summed E-state index contributed by atoms with van der Waals surface area (Å²) in [4.78, 5) is 0.660. The normalized spacial score (nSPS) is 16.3. The predicted octanol–water partition coefficient (Wildman–Crippen LogP) is 3.20. The van der Waals surface area contributed by atoms with Crippen LogP contribution in [0.4, 0.5) is 0 Å². The van der Waals surface area contributed by atoms with E-state index in [2.05, 4.69) is 0 Å². The van der Waals surface area contributed by atoms with Crippen molar-refractivity contribution in [3.63, 3.8) is 0 Å². The molecule has 78 valence electrons. The summed E-state index contributed by atoms with van der Waals surface area (Å²) in [5.74, 6) is 0. The second-order valence-electron chi connectivity index (χ2n) is 4.43. The molecule has 1 rings (SSSR count). The van der Waals surface area contributed by atoms with E-state index in [0.29, 0.717) is 4.90 Å². The van der Waals surface area contributed by atoms with E-state index in [9.17, 15) is 4.21 Å². The Morgan fingerprint density at radius 3 is 2.14 bits per heavy atom. The standard InChI is InChI=1S/C11H17NOS/c1-9-7-5-6-8-10(9)14(12,13)11(2,3)4/h5-8,12H,1-4H3. The Bertz CT molecular complexity index is 427. The maximum atomic E-state index is 12.3. The van der Waals surface area contributed by atoms with Crippen LogP contribution in [0.3, 0.4) is 0 Å². The Hall–Kier alpha value is -0.830. The van der Waals surface area contributed by atoms with Gasteiger partial charge in [-0.05, 0) is 39.3 Å². The summed E-state index contributed by atoms with van der Waals surface area (Å²) in [6, 6.07) is 7.42. The van der Waals surface area contributed by atoms with Crippen molar-refractivity contribution in [2.24, 2.45) is 0 Å². The summed E-state index contributed by atoms with van der Waals surface area (Å²) < 4.78 is 19.8. The van der Waals surface area contributed by atoms with Gasteiger partial charge in [0.25, 0.3) is 0 Å². The Balaban J connectivity index is 3.40. The highest BCUT2D eigenvalue weighted by atomic mass is 32.2. The monoisotopic (exact) mass is 211 g/mol. The van der Waals surface area contributed by atoms with Gasteiger partial charge in [-0.25, -0.2) is 8.99 Å². The molecule has 0 fully saturated rings. The Labute approximate surface area is 86.3 Å². The maximum Gasteiger partial charge on any atom is 0.0778 e. The quantitative estimate of drug-likeness (QED) is 0.761. The third-order valence-corrected chi connectivity index (χ3v) is 5.07. The Morgan fingerprint density at radius 1 is 1.21 bits per heavy atom. The van der Waals surface area contributed by atoms with Crippen molar-refractivity contribution in [3.05, 3.63) is 29.8 Å². The van der Waals surface area contributed by atoms with Crippen LogP contribution >= 0.6 is 0 Å². The SMILES string of the molecule is Cc1ccccc1S(=N)(=O)C(C)(C)C. The molecule has 0 heterocycles. The van der Waals surface area contributed by atoms with Crippen LogP contribution in [0.2, 0.25) is 0 Å². The lowest BCUT2D eigenvalue weighted by atomic mass is 10.2. The number of hydrogen-bond acceptors (Lipinski definition) is 2. The molecule has 0 aliphatic rings. The lowest BCUT2D eigenvalue weighted by Crippen LogP contribution is -2.27. The topological polar surface area (TPSA) is 40.9 Å². The fraction of sp³-hybridized carbons (Fsp3) is 0.455. The molecule has 0 spiro atoms. The molecule has 1 atom stereocenters.